The highest BCUT2D eigenvalue weighted by atomic mass is 32.2. The third-order valence-electron chi connectivity index (χ3n) is 7.44. The number of nitrogens with one attached hydrogen (secondary N) is 2. The lowest BCUT2D eigenvalue weighted by atomic mass is 10.1. The molecule has 40 heavy (non-hydrogen) atoms. The van der Waals surface area contributed by atoms with Crippen LogP contribution < -0.4 is 25.5 Å². The van der Waals surface area contributed by atoms with Gasteiger partial charge in [0.15, 0.2) is 0 Å². The van der Waals surface area contributed by atoms with Gasteiger partial charge in [-0.25, -0.2) is 13.1 Å². The van der Waals surface area contributed by atoms with Gasteiger partial charge in [-0.05, 0) is 48.8 Å². The second kappa shape index (κ2) is 11.4. The summed E-state index contributed by atoms with van der Waals surface area (Å²) in [6, 6.07) is 9.29. The van der Waals surface area contributed by atoms with Gasteiger partial charge in [0.05, 0.1) is 43.3 Å². The molecule has 3 heterocycles. The molecule has 10 nitrogen and oxygen atoms in total. The number of benzene rings is 1. The number of sulfonamides is 1. The van der Waals surface area contributed by atoms with E-state index in [4.69, 9.17) is 5.11 Å². The van der Waals surface area contributed by atoms with E-state index < -0.39 is 54.0 Å². The molecule has 4 rings (SSSR count). The van der Waals surface area contributed by atoms with Crippen LogP contribution in [-0.4, -0.2) is 76.9 Å². The number of halogens is 3. The molecule has 2 fully saturated rings. The van der Waals surface area contributed by atoms with Gasteiger partial charge in [0, 0.05) is 32.4 Å². The number of anilines is 3. The van der Waals surface area contributed by atoms with Crippen molar-refractivity contribution in [3.63, 3.8) is 0 Å². The Kier molecular flexibility index (Phi) is 8.56. The molecule has 2 aromatic rings. The lowest BCUT2D eigenvalue weighted by molar-refractivity contribution is -0.168. The van der Waals surface area contributed by atoms with E-state index in [9.17, 15) is 31.2 Å². The van der Waals surface area contributed by atoms with E-state index in [1.54, 1.807) is 6.07 Å². The number of aliphatic hydroxyl groups is 1. The topological polar surface area (TPSA) is 124 Å². The second-order valence-electron chi connectivity index (χ2n) is 11.0. The van der Waals surface area contributed by atoms with Crippen molar-refractivity contribution in [1.82, 2.24) is 4.68 Å². The highest BCUT2D eigenvalue weighted by Crippen LogP contribution is 2.33. The van der Waals surface area contributed by atoms with E-state index in [1.807, 2.05) is 4.90 Å². The van der Waals surface area contributed by atoms with Gasteiger partial charge in [0.25, 0.3) is 11.5 Å². The zero-order valence-corrected chi connectivity index (χ0v) is 24.2. The quantitative estimate of drug-likeness (QED) is 0.398. The molecule has 15 heteroatoms. The van der Waals surface area contributed by atoms with Crippen molar-refractivity contribution < 1.29 is 31.5 Å². The molecule has 2 saturated heterocycles. The van der Waals surface area contributed by atoms with Crippen molar-refractivity contribution in [1.29, 1.82) is 0 Å². The number of aliphatic hydroxyl groups excluding tert-OH is 1. The summed E-state index contributed by atoms with van der Waals surface area (Å²) in [7, 11) is -5.17. The lowest BCUT2D eigenvalue weighted by Crippen LogP contribution is -2.43. The molecule has 1 atom stereocenters. The number of amides is 1. The second-order valence-corrected chi connectivity index (χ2v) is 18.2. The van der Waals surface area contributed by atoms with Crippen LogP contribution >= 0.6 is 0 Å². The van der Waals surface area contributed by atoms with Crippen molar-refractivity contribution in [2.24, 2.45) is 5.92 Å². The fourth-order valence-corrected chi connectivity index (χ4v) is 7.78. The van der Waals surface area contributed by atoms with Gasteiger partial charge >= 0.3 is 6.18 Å². The number of alkyl halides is 3. The number of carbonyl (C=O) groups excluding carboxylic acids is 1. The van der Waals surface area contributed by atoms with Crippen molar-refractivity contribution in [2.45, 2.75) is 37.8 Å². The number of hydrogen-bond acceptors (Lipinski definition) is 7. The van der Waals surface area contributed by atoms with Crippen molar-refractivity contribution in [3.05, 3.63) is 52.4 Å². The maximum absolute atomic E-state index is 13.5. The number of nitrogens with zero attached hydrogens (tertiary/aromatic N) is 3. The first-order chi connectivity index (χ1) is 18.7. The highest BCUT2D eigenvalue weighted by Gasteiger charge is 2.44. The third kappa shape index (κ3) is 6.99. The Morgan fingerprint density at radius 1 is 1.15 bits per heavy atom. The smallest absolute Gasteiger partial charge is 0.393 e. The maximum Gasteiger partial charge on any atom is 0.393 e. The van der Waals surface area contributed by atoms with Crippen LogP contribution in [0, 0.1) is 5.92 Å². The van der Waals surface area contributed by atoms with Gasteiger partial charge in [-0.1, -0.05) is 13.1 Å². The van der Waals surface area contributed by atoms with Crippen LogP contribution in [-0.2, 0) is 10.0 Å². The number of carbonyl (C=O) groups is 1. The Morgan fingerprint density at radius 2 is 1.85 bits per heavy atom. The summed E-state index contributed by atoms with van der Waals surface area (Å²) in [6.07, 6.45) is -3.11. The average Bonchev–Trinajstić information content (AvgIpc) is 3.36. The van der Waals surface area contributed by atoms with Gasteiger partial charge in [-0.15, -0.1) is 0 Å². The first-order valence-corrected chi connectivity index (χ1v) is 18.1. The average molecular weight is 602 g/mol. The zero-order chi connectivity index (χ0) is 29.3. The molecule has 0 saturated carbocycles. The fraction of sp³-hybridized carbons (Fsp3) is 0.520. The Bertz CT molecular complexity index is 1410. The number of rotatable bonds is 8. The van der Waals surface area contributed by atoms with E-state index >= 15 is 0 Å². The molecule has 3 N–H and O–H groups in total. The molecule has 0 spiro atoms. The zero-order valence-electron chi connectivity index (χ0n) is 22.4. The first kappa shape index (κ1) is 29.9. The van der Waals surface area contributed by atoms with E-state index in [0.717, 1.165) is 16.8 Å². The standard InChI is InChI=1S/C25H34F3N5O5SSi/c1-40(2)14-10-31(11-15-40)22-16-19(30-39(37,38)13-12-34)5-6-20(22)23(35)29-21-4-3-8-33(24(21)36)32-9-7-18(17-32)25(26,27)28/h3-6,8,16,18,30,34H,7,9-15,17H2,1-2H3,(H,29,35)/t18-/m0/s1. The summed E-state index contributed by atoms with van der Waals surface area (Å²) in [5.74, 6) is -2.62. The maximum atomic E-state index is 13.5. The van der Waals surface area contributed by atoms with E-state index in [1.165, 1.54) is 35.5 Å². The van der Waals surface area contributed by atoms with Crippen LogP contribution in [0.15, 0.2) is 41.3 Å². The molecular weight excluding hydrogens is 567 g/mol. The summed E-state index contributed by atoms with van der Waals surface area (Å²) >= 11 is 0. The number of aromatic nitrogens is 1. The minimum absolute atomic E-state index is 0.0495. The molecule has 1 amide bonds. The molecule has 220 valence electrons. The van der Waals surface area contributed by atoms with Crippen molar-refractivity contribution >= 4 is 41.1 Å². The monoisotopic (exact) mass is 601 g/mol. The molecule has 0 bridgehead atoms. The van der Waals surface area contributed by atoms with Crippen molar-refractivity contribution in [3.8, 4) is 0 Å². The Hall–Kier alpha value is -3.04. The van der Waals surface area contributed by atoms with Gasteiger partial charge in [-0.3, -0.25) is 14.3 Å². The van der Waals surface area contributed by atoms with Crippen LogP contribution in [0.4, 0.5) is 30.2 Å². The summed E-state index contributed by atoms with van der Waals surface area (Å²) < 4.78 is 67.4. The Balaban J connectivity index is 1.61. The van der Waals surface area contributed by atoms with Gasteiger partial charge in [0.1, 0.15) is 5.69 Å². The van der Waals surface area contributed by atoms with Gasteiger partial charge < -0.3 is 20.3 Å². The molecule has 0 unspecified atom stereocenters. The number of pyridine rings is 1. The summed E-state index contributed by atoms with van der Waals surface area (Å²) in [4.78, 5) is 28.6. The lowest BCUT2D eigenvalue weighted by Gasteiger charge is -2.38. The number of hydrogen-bond donors (Lipinski definition) is 3. The molecule has 1 aromatic carbocycles. The third-order valence-corrected chi connectivity index (χ3v) is 11.9. The molecule has 2 aliphatic heterocycles. The van der Waals surface area contributed by atoms with E-state index in [0.29, 0.717) is 18.8 Å². The van der Waals surface area contributed by atoms with Crippen LogP contribution in [0.1, 0.15) is 16.8 Å². The predicted octanol–water partition coefficient (Wildman–Crippen LogP) is 2.88. The Morgan fingerprint density at radius 3 is 2.48 bits per heavy atom. The van der Waals surface area contributed by atoms with Crippen LogP contribution in [0.25, 0.3) is 0 Å². The molecule has 1 aromatic heterocycles. The SMILES string of the molecule is C[Si]1(C)CCN(c2cc(NS(=O)(=O)CCO)ccc2C(=O)Nc2cccn(N3CC[C@H](C(F)(F)F)C3)c2=O)CC1. The minimum atomic E-state index is -4.36. The van der Waals surface area contributed by atoms with E-state index in [2.05, 4.69) is 23.1 Å². The Labute approximate surface area is 231 Å². The first-order valence-electron chi connectivity index (χ1n) is 13.0. The molecular formula is C25H34F3N5O5SSi. The van der Waals surface area contributed by atoms with Crippen molar-refractivity contribution in [2.75, 3.05) is 58.5 Å². The normalized spacial score (nSPS) is 19.5. The fourth-order valence-electron chi connectivity index (χ4n) is 4.95. The van der Waals surface area contributed by atoms with Crippen LogP contribution in [0.5, 0.6) is 0 Å². The molecule has 0 aliphatic carbocycles. The highest BCUT2D eigenvalue weighted by molar-refractivity contribution is 7.92. The summed E-state index contributed by atoms with van der Waals surface area (Å²) in [5.41, 5.74) is 0.208. The molecule has 0 radical (unpaired) electrons. The largest absolute Gasteiger partial charge is 0.395 e. The van der Waals surface area contributed by atoms with Crippen LogP contribution in [0.3, 0.4) is 0 Å². The van der Waals surface area contributed by atoms with Crippen LogP contribution in [0.2, 0.25) is 25.2 Å². The van der Waals surface area contributed by atoms with E-state index in [-0.39, 0.29) is 36.4 Å². The van der Waals surface area contributed by atoms with Gasteiger partial charge in [0.2, 0.25) is 10.0 Å². The van der Waals surface area contributed by atoms with Gasteiger partial charge in [-0.2, -0.15) is 13.2 Å². The summed E-state index contributed by atoms with van der Waals surface area (Å²) in [6.45, 7) is 5.09. The molecule has 2 aliphatic rings. The predicted molar refractivity (Wildman–Crippen MR) is 151 cm³/mol. The minimum Gasteiger partial charge on any atom is -0.395 e. The summed E-state index contributed by atoms with van der Waals surface area (Å²) in [5, 5.41) is 13.0.